The van der Waals surface area contributed by atoms with Gasteiger partial charge in [-0.2, -0.15) is 0 Å². The van der Waals surface area contributed by atoms with Crippen LogP contribution in [-0.4, -0.2) is 34.2 Å². The first-order valence-corrected chi connectivity index (χ1v) is 8.50. The fourth-order valence-electron chi connectivity index (χ4n) is 2.90. The number of nitrogens with one attached hydrogen (secondary N) is 2. The van der Waals surface area contributed by atoms with Gasteiger partial charge in [-0.25, -0.2) is 0 Å². The summed E-state index contributed by atoms with van der Waals surface area (Å²) < 4.78 is 2.01. The van der Waals surface area contributed by atoms with Gasteiger partial charge in [-0.1, -0.05) is 30.3 Å². The molecule has 0 radical (unpaired) electrons. The van der Waals surface area contributed by atoms with Gasteiger partial charge >= 0.3 is 0 Å². The van der Waals surface area contributed by atoms with Crippen molar-refractivity contribution in [2.24, 2.45) is 4.99 Å². The molecule has 0 spiro atoms. The van der Waals surface area contributed by atoms with Crippen LogP contribution >= 0.6 is 24.0 Å². The van der Waals surface area contributed by atoms with E-state index in [0.717, 1.165) is 30.4 Å². The van der Waals surface area contributed by atoms with Crippen LogP contribution in [-0.2, 0) is 6.42 Å². The van der Waals surface area contributed by atoms with Crippen LogP contribution in [0.2, 0.25) is 0 Å². The molecule has 138 valence electrons. The third-order valence-corrected chi connectivity index (χ3v) is 4.26. The van der Waals surface area contributed by atoms with Gasteiger partial charge in [-0.3, -0.25) is 9.39 Å². The molecule has 2 aromatic heterocycles. The van der Waals surface area contributed by atoms with E-state index in [1.165, 1.54) is 11.1 Å². The zero-order chi connectivity index (χ0) is 17.6. The van der Waals surface area contributed by atoms with Gasteiger partial charge in [0.2, 0.25) is 0 Å². The van der Waals surface area contributed by atoms with Crippen LogP contribution < -0.4 is 10.6 Å². The van der Waals surface area contributed by atoms with Crippen molar-refractivity contribution >= 4 is 35.6 Å². The monoisotopic (exact) mass is 464 g/mol. The minimum Gasteiger partial charge on any atom is -0.356 e. The van der Waals surface area contributed by atoms with E-state index in [-0.39, 0.29) is 30.0 Å². The second-order valence-electron chi connectivity index (χ2n) is 6.02. The number of hydrogen-bond acceptors (Lipinski definition) is 3. The summed E-state index contributed by atoms with van der Waals surface area (Å²) in [5.41, 5.74) is 3.41. The molecule has 3 aromatic rings. The number of rotatable bonds is 5. The van der Waals surface area contributed by atoms with Crippen molar-refractivity contribution in [1.82, 2.24) is 25.2 Å². The van der Waals surface area contributed by atoms with Gasteiger partial charge in [0.25, 0.3) is 0 Å². The van der Waals surface area contributed by atoms with Crippen LogP contribution in [0.15, 0.2) is 53.7 Å². The number of guanidine groups is 1. The molecule has 0 fully saturated rings. The van der Waals surface area contributed by atoms with E-state index in [1.54, 1.807) is 7.05 Å². The van der Waals surface area contributed by atoms with E-state index in [2.05, 4.69) is 63.9 Å². The Morgan fingerprint density at radius 2 is 1.92 bits per heavy atom. The molecular weight excluding hydrogens is 439 g/mol. The third kappa shape index (κ3) is 4.72. The molecule has 0 aliphatic rings. The van der Waals surface area contributed by atoms with Crippen molar-refractivity contribution in [3.8, 4) is 0 Å². The van der Waals surface area contributed by atoms with Crippen molar-refractivity contribution in [2.75, 3.05) is 13.6 Å². The second-order valence-corrected chi connectivity index (χ2v) is 6.02. The number of halogens is 1. The number of nitrogens with zero attached hydrogens (tertiary/aromatic N) is 4. The van der Waals surface area contributed by atoms with Crippen LogP contribution in [0.25, 0.3) is 5.65 Å². The molecule has 0 bridgehead atoms. The van der Waals surface area contributed by atoms with Crippen LogP contribution in [0.3, 0.4) is 0 Å². The highest BCUT2D eigenvalue weighted by atomic mass is 127. The first-order valence-electron chi connectivity index (χ1n) is 8.50. The Labute approximate surface area is 171 Å². The molecule has 1 atom stereocenters. The lowest BCUT2D eigenvalue weighted by molar-refractivity contribution is 0.676. The summed E-state index contributed by atoms with van der Waals surface area (Å²) in [6.07, 6.45) is 2.75. The summed E-state index contributed by atoms with van der Waals surface area (Å²) in [7, 11) is 1.78. The summed E-state index contributed by atoms with van der Waals surface area (Å²) in [5.74, 6) is 1.72. The summed E-state index contributed by atoms with van der Waals surface area (Å²) in [6.45, 7) is 5.00. The zero-order valence-electron chi connectivity index (χ0n) is 15.3. The number of hydrogen-bond donors (Lipinski definition) is 2. The first-order chi connectivity index (χ1) is 12.2. The Morgan fingerprint density at radius 1 is 1.15 bits per heavy atom. The average molecular weight is 464 g/mol. The molecule has 0 saturated carbocycles. The highest BCUT2D eigenvalue weighted by Gasteiger charge is 2.10. The highest BCUT2D eigenvalue weighted by Crippen LogP contribution is 2.16. The molecule has 3 rings (SSSR count). The Balaban J connectivity index is 0.00000243. The lowest BCUT2D eigenvalue weighted by Crippen LogP contribution is -2.39. The summed E-state index contributed by atoms with van der Waals surface area (Å²) in [4.78, 5) is 4.32. The molecule has 1 aromatic carbocycles. The lowest BCUT2D eigenvalue weighted by Gasteiger charge is -2.19. The number of pyridine rings is 1. The maximum Gasteiger partial charge on any atom is 0.191 e. The summed E-state index contributed by atoms with van der Waals surface area (Å²) >= 11 is 0. The van der Waals surface area contributed by atoms with Gasteiger partial charge in [0.15, 0.2) is 11.6 Å². The van der Waals surface area contributed by atoms with E-state index in [4.69, 9.17) is 0 Å². The number of benzene rings is 1. The Bertz CT molecular complexity index is 873. The summed E-state index contributed by atoms with van der Waals surface area (Å²) in [6, 6.07) is 14.5. The second kappa shape index (κ2) is 9.51. The SMILES string of the molecule is CN=C(NCCc1nnc2ccccn12)NC(C)c1ccccc1C.I. The fourth-order valence-corrected chi connectivity index (χ4v) is 2.90. The standard InChI is InChI=1S/C19H24N6.HI/c1-14-8-4-5-9-16(14)15(2)22-19(20-3)21-12-11-18-24-23-17-10-6-7-13-25(17)18;/h4-10,13,15H,11-12H2,1-3H3,(H2,20,21,22);1H. The van der Waals surface area contributed by atoms with E-state index < -0.39 is 0 Å². The van der Waals surface area contributed by atoms with Crippen molar-refractivity contribution in [3.05, 3.63) is 65.6 Å². The minimum absolute atomic E-state index is 0. The van der Waals surface area contributed by atoms with E-state index in [9.17, 15) is 0 Å². The van der Waals surface area contributed by atoms with Crippen molar-refractivity contribution in [3.63, 3.8) is 0 Å². The van der Waals surface area contributed by atoms with E-state index in [0.29, 0.717) is 0 Å². The lowest BCUT2D eigenvalue weighted by atomic mass is 10.0. The fraction of sp³-hybridized carbons (Fsp3) is 0.316. The number of aromatic nitrogens is 3. The minimum atomic E-state index is 0. The molecule has 6 nitrogen and oxygen atoms in total. The molecule has 2 N–H and O–H groups in total. The van der Waals surface area contributed by atoms with Crippen LogP contribution in [0.1, 0.15) is 29.9 Å². The smallest absolute Gasteiger partial charge is 0.191 e. The number of aliphatic imine (C=N–C) groups is 1. The third-order valence-electron chi connectivity index (χ3n) is 4.26. The van der Waals surface area contributed by atoms with Crippen molar-refractivity contribution in [1.29, 1.82) is 0 Å². The van der Waals surface area contributed by atoms with E-state index >= 15 is 0 Å². The molecular formula is C19H25IN6. The van der Waals surface area contributed by atoms with Crippen molar-refractivity contribution in [2.45, 2.75) is 26.3 Å². The molecule has 0 saturated heterocycles. The molecule has 0 aliphatic heterocycles. The van der Waals surface area contributed by atoms with Gasteiger partial charge in [0.05, 0.1) is 6.04 Å². The normalized spacial score (nSPS) is 12.5. The Kier molecular flexibility index (Phi) is 7.38. The predicted octanol–water partition coefficient (Wildman–Crippen LogP) is 3.12. The largest absolute Gasteiger partial charge is 0.356 e. The molecule has 0 aliphatic carbocycles. The zero-order valence-corrected chi connectivity index (χ0v) is 17.6. The topological polar surface area (TPSA) is 66.6 Å². The number of aryl methyl sites for hydroxylation is 1. The highest BCUT2D eigenvalue weighted by molar-refractivity contribution is 14.0. The Hall–Kier alpha value is -2.16. The molecule has 26 heavy (non-hydrogen) atoms. The van der Waals surface area contributed by atoms with Crippen LogP contribution in [0.5, 0.6) is 0 Å². The predicted molar refractivity (Wildman–Crippen MR) is 116 cm³/mol. The maximum atomic E-state index is 4.32. The van der Waals surface area contributed by atoms with E-state index in [1.807, 2.05) is 28.8 Å². The molecule has 7 heteroatoms. The first kappa shape index (κ1) is 20.2. The Morgan fingerprint density at radius 3 is 2.69 bits per heavy atom. The van der Waals surface area contributed by atoms with Gasteiger partial charge in [0, 0.05) is 26.2 Å². The van der Waals surface area contributed by atoms with Gasteiger partial charge in [0.1, 0.15) is 5.82 Å². The van der Waals surface area contributed by atoms with Gasteiger partial charge < -0.3 is 10.6 Å². The van der Waals surface area contributed by atoms with Crippen molar-refractivity contribution < 1.29 is 0 Å². The quantitative estimate of drug-likeness (QED) is 0.346. The number of fused-ring (bicyclic) bond motifs is 1. The summed E-state index contributed by atoms with van der Waals surface area (Å²) in [5, 5.41) is 15.2. The van der Waals surface area contributed by atoms with Crippen LogP contribution in [0.4, 0.5) is 0 Å². The molecule has 2 heterocycles. The van der Waals surface area contributed by atoms with Gasteiger partial charge in [-0.05, 0) is 37.1 Å². The molecule has 0 amide bonds. The average Bonchev–Trinajstić information content (AvgIpc) is 3.04. The molecule has 1 unspecified atom stereocenters. The van der Waals surface area contributed by atoms with Crippen LogP contribution in [0, 0.1) is 6.92 Å². The van der Waals surface area contributed by atoms with Gasteiger partial charge in [-0.15, -0.1) is 34.2 Å². The maximum absolute atomic E-state index is 4.32.